The number of nitrogens with zero attached hydrogens (tertiary/aromatic N) is 4. The van der Waals surface area contributed by atoms with Gasteiger partial charge in [0, 0.05) is 33.0 Å². The lowest BCUT2D eigenvalue weighted by Gasteiger charge is -2.34. The molecule has 1 spiro atoms. The van der Waals surface area contributed by atoms with Crippen LogP contribution in [0.1, 0.15) is 87.3 Å². The highest BCUT2D eigenvalue weighted by Gasteiger charge is 2.45. The number of piperidine rings is 1. The van der Waals surface area contributed by atoms with Crippen LogP contribution in [0, 0.1) is 18.8 Å². The Morgan fingerprint density at radius 2 is 1.74 bits per heavy atom. The Balaban J connectivity index is 1.39. The number of aryl methyl sites for hydroxylation is 2. The number of unbranched alkanes of at least 4 members (excludes halogenated alkanes) is 6. The zero-order chi connectivity index (χ0) is 27.5. The van der Waals surface area contributed by atoms with Gasteiger partial charge in [-0.05, 0) is 79.8 Å². The van der Waals surface area contributed by atoms with Crippen molar-refractivity contribution in [1.82, 2.24) is 9.62 Å². The van der Waals surface area contributed by atoms with E-state index in [0.717, 1.165) is 92.7 Å². The molecule has 208 valence electrons. The van der Waals surface area contributed by atoms with Gasteiger partial charge in [-0.2, -0.15) is 0 Å². The lowest BCUT2D eigenvalue weighted by atomic mass is 9.89. The first-order valence-corrected chi connectivity index (χ1v) is 14.5. The number of benzene rings is 1. The Morgan fingerprint density at radius 1 is 1.13 bits per heavy atom. The zero-order valence-corrected chi connectivity index (χ0v) is 23.8. The van der Waals surface area contributed by atoms with Crippen molar-refractivity contribution in [3.8, 4) is 0 Å². The third-order valence-electron chi connectivity index (χ3n) is 7.44. The Bertz CT molecular complexity index is 1030. The Kier molecular flexibility index (Phi) is 11.3. The summed E-state index contributed by atoms with van der Waals surface area (Å²) in [6.07, 6.45) is 12.5. The highest BCUT2D eigenvalue weighted by Crippen LogP contribution is 2.34. The van der Waals surface area contributed by atoms with Crippen molar-refractivity contribution in [2.24, 2.45) is 16.0 Å². The van der Waals surface area contributed by atoms with Gasteiger partial charge in [-0.15, -0.1) is 4.91 Å². The number of primary amides is 1. The monoisotopic (exact) mass is 542 g/mol. The molecule has 0 radical (unpaired) electrons. The van der Waals surface area contributed by atoms with Crippen LogP contribution in [-0.2, 0) is 9.59 Å². The highest BCUT2D eigenvalue weighted by atomic mass is 32.2. The van der Waals surface area contributed by atoms with Gasteiger partial charge in [-0.25, -0.2) is 9.31 Å². The summed E-state index contributed by atoms with van der Waals surface area (Å²) in [4.78, 5) is 39.3. The number of nitroso groups, excluding NO2 is 1. The molecule has 0 aliphatic carbocycles. The van der Waals surface area contributed by atoms with E-state index in [9.17, 15) is 14.5 Å². The molecule has 3 rings (SSSR count). The molecule has 3 N–H and O–H groups in total. The van der Waals surface area contributed by atoms with Crippen LogP contribution >= 0.6 is 11.9 Å². The smallest absolute Gasteiger partial charge is 0.253 e. The molecule has 2 heterocycles. The minimum absolute atomic E-state index is 0.0586. The lowest BCUT2D eigenvalue weighted by molar-refractivity contribution is -0.125. The van der Waals surface area contributed by atoms with Crippen LogP contribution in [0.25, 0.3) is 6.08 Å². The van der Waals surface area contributed by atoms with E-state index in [1.54, 1.807) is 19.0 Å². The number of anilines is 1. The Morgan fingerprint density at radius 3 is 2.34 bits per heavy atom. The average Bonchev–Trinajstić information content (AvgIpc) is 3.19. The first-order chi connectivity index (χ1) is 18.2. The second-order valence-electron chi connectivity index (χ2n) is 10.4. The van der Waals surface area contributed by atoms with E-state index in [0.29, 0.717) is 6.42 Å². The molecule has 0 atom stereocenters. The summed E-state index contributed by atoms with van der Waals surface area (Å²) in [6.45, 7) is 5.68. The summed E-state index contributed by atoms with van der Waals surface area (Å²) in [7, 11) is 1.65. The summed E-state index contributed by atoms with van der Waals surface area (Å²) in [6, 6.07) is 3.93. The van der Waals surface area contributed by atoms with E-state index < -0.39 is 5.54 Å². The zero-order valence-electron chi connectivity index (χ0n) is 23.0. The highest BCUT2D eigenvalue weighted by molar-refractivity contribution is 8.00. The molecule has 10 heteroatoms. The van der Waals surface area contributed by atoms with Crippen molar-refractivity contribution in [2.45, 2.75) is 90.0 Å². The van der Waals surface area contributed by atoms with Gasteiger partial charge in [0.25, 0.3) is 5.91 Å². The maximum Gasteiger partial charge on any atom is 0.253 e. The topological polar surface area (TPSA) is 120 Å². The number of nitrogens with one attached hydrogen (secondary N) is 1. The molecule has 0 saturated carbocycles. The van der Waals surface area contributed by atoms with E-state index in [-0.39, 0.29) is 11.8 Å². The minimum atomic E-state index is -0.599. The molecule has 0 unspecified atom stereocenters. The second-order valence-corrected chi connectivity index (χ2v) is 11.4. The van der Waals surface area contributed by atoms with Crippen molar-refractivity contribution in [2.75, 3.05) is 25.1 Å². The number of rotatable bonds is 15. The number of aliphatic imine (C=N–C) groups is 1. The molecular weight excluding hydrogens is 500 g/mol. The summed E-state index contributed by atoms with van der Waals surface area (Å²) in [5, 5.41) is 9.45. The molecule has 1 aromatic rings. The molecule has 2 aliphatic rings. The van der Waals surface area contributed by atoms with E-state index in [1.807, 2.05) is 26.0 Å². The van der Waals surface area contributed by atoms with Gasteiger partial charge in [0.15, 0.2) is 0 Å². The van der Waals surface area contributed by atoms with Crippen LogP contribution < -0.4 is 16.1 Å². The standard InChI is InChI=1S/C28H42N6O3S/c1-21-19-23(33(3)32-37)20-22(2)24(21)13-18-38-34-16-14-28(15-17-34)27(36)30-26(31-28)12-10-8-6-4-5-7-9-11-25(29)35/h13,18-20H,4-12,14-17H2,1-3H3,(H2,29,35)(H,30,31,36)/b18-13+. The van der Waals surface area contributed by atoms with Crippen LogP contribution in [0.4, 0.5) is 5.69 Å². The van der Waals surface area contributed by atoms with Crippen molar-refractivity contribution >= 4 is 41.4 Å². The van der Waals surface area contributed by atoms with Gasteiger partial charge in [-0.3, -0.25) is 14.6 Å². The van der Waals surface area contributed by atoms with Gasteiger partial charge in [0.1, 0.15) is 11.4 Å². The van der Waals surface area contributed by atoms with E-state index in [1.165, 1.54) is 17.9 Å². The SMILES string of the molecule is Cc1cc(N(C)N=O)cc(C)c1/C=C/SN1CCC2(CC1)N=C(CCCCCCCCCC(N)=O)NC2=O. The van der Waals surface area contributed by atoms with E-state index in [4.69, 9.17) is 10.7 Å². The van der Waals surface area contributed by atoms with Crippen molar-refractivity contribution in [3.05, 3.63) is 39.1 Å². The molecule has 38 heavy (non-hydrogen) atoms. The molecule has 1 fully saturated rings. The quantitative estimate of drug-likeness (QED) is 0.133. The molecule has 2 aliphatic heterocycles. The number of carbonyl (C=O) groups is 2. The average molecular weight is 543 g/mol. The number of amidine groups is 1. The molecule has 0 bridgehead atoms. The van der Waals surface area contributed by atoms with Crippen LogP contribution in [0.15, 0.2) is 27.8 Å². The number of carbonyl (C=O) groups excluding carboxylic acids is 2. The maximum absolute atomic E-state index is 12.8. The predicted molar refractivity (Wildman–Crippen MR) is 157 cm³/mol. The van der Waals surface area contributed by atoms with E-state index >= 15 is 0 Å². The first-order valence-electron chi connectivity index (χ1n) is 13.7. The van der Waals surface area contributed by atoms with Crippen molar-refractivity contribution in [1.29, 1.82) is 0 Å². The lowest BCUT2D eigenvalue weighted by Crippen LogP contribution is -2.47. The number of hydrogen-bond donors (Lipinski definition) is 2. The molecule has 0 aromatic heterocycles. The van der Waals surface area contributed by atoms with Crippen LogP contribution in [-0.4, -0.2) is 47.6 Å². The minimum Gasteiger partial charge on any atom is -0.370 e. The molecule has 1 saturated heterocycles. The number of nitrogens with two attached hydrogens (primary N) is 1. The predicted octanol–water partition coefficient (Wildman–Crippen LogP) is 5.40. The van der Waals surface area contributed by atoms with Gasteiger partial charge < -0.3 is 11.1 Å². The third kappa shape index (κ3) is 8.39. The van der Waals surface area contributed by atoms with Crippen LogP contribution in [0.2, 0.25) is 0 Å². The third-order valence-corrected chi connectivity index (χ3v) is 8.36. The summed E-state index contributed by atoms with van der Waals surface area (Å²) in [5.41, 5.74) is 8.68. The fourth-order valence-electron chi connectivity index (χ4n) is 5.11. The number of amides is 2. The molecular formula is C28H42N6O3S. The van der Waals surface area contributed by atoms with Gasteiger partial charge in [-0.1, -0.05) is 44.1 Å². The molecule has 1 aromatic carbocycles. The van der Waals surface area contributed by atoms with Crippen molar-refractivity contribution < 1.29 is 9.59 Å². The fraction of sp³-hybridized carbons (Fsp3) is 0.607. The summed E-state index contributed by atoms with van der Waals surface area (Å²) in [5.74, 6) is 0.695. The molecule has 9 nitrogen and oxygen atoms in total. The Labute approximate surface area is 230 Å². The van der Waals surface area contributed by atoms with Gasteiger partial charge in [0.2, 0.25) is 5.91 Å². The van der Waals surface area contributed by atoms with Gasteiger partial charge in [0.05, 0.1) is 11.0 Å². The van der Waals surface area contributed by atoms with Gasteiger partial charge >= 0.3 is 0 Å². The maximum atomic E-state index is 12.8. The fourth-order valence-corrected chi connectivity index (χ4v) is 5.87. The summed E-state index contributed by atoms with van der Waals surface area (Å²) < 4.78 is 2.29. The van der Waals surface area contributed by atoms with Crippen LogP contribution in [0.3, 0.4) is 0 Å². The van der Waals surface area contributed by atoms with E-state index in [2.05, 4.69) is 26.4 Å². The van der Waals surface area contributed by atoms with Crippen molar-refractivity contribution in [3.63, 3.8) is 0 Å². The molecule has 2 amide bonds. The largest absolute Gasteiger partial charge is 0.370 e. The first kappa shape index (κ1) is 29.8. The Hall–Kier alpha value is -2.72. The number of hydrogen-bond acceptors (Lipinski definition) is 7. The normalized spacial score (nSPS) is 17.1. The second kappa shape index (κ2) is 14.4. The van der Waals surface area contributed by atoms with Crippen LogP contribution in [0.5, 0.6) is 0 Å². The summed E-state index contributed by atoms with van der Waals surface area (Å²) >= 11 is 1.67.